The number of carbonyl (C=O) groups excluding carboxylic acids is 1. The summed E-state index contributed by atoms with van der Waals surface area (Å²) < 4.78 is 5.99. The quantitative estimate of drug-likeness (QED) is 0.750. The maximum atomic E-state index is 12.2. The zero-order valence-corrected chi connectivity index (χ0v) is 13.6. The maximum absolute atomic E-state index is 12.2. The zero-order chi connectivity index (χ0) is 12.8. The van der Waals surface area contributed by atoms with Crippen molar-refractivity contribution >= 4 is 5.91 Å². The Morgan fingerprint density at radius 2 is 1.95 bits per heavy atom. The summed E-state index contributed by atoms with van der Waals surface area (Å²) in [6.07, 6.45) is 0. The molecule has 2 aromatic rings. The molecule has 0 bridgehead atoms. The first-order chi connectivity index (χ1) is 9.34. The molecule has 0 unspecified atom stereocenters. The average molecular weight is 339 g/mol. The Labute approximate surface area is 142 Å². The number of nitrogens with one attached hydrogen (secondary N) is 1. The van der Waals surface area contributed by atoms with Crippen LogP contribution in [-0.2, 0) is 37.5 Å². The van der Waals surface area contributed by atoms with Gasteiger partial charge in [-0.1, -0.05) is 18.2 Å². The van der Waals surface area contributed by atoms with Crippen molar-refractivity contribution in [2.24, 2.45) is 0 Å². The van der Waals surface area contributed by atoms with E-state index in [-0.39, 0.29) is 50.5 Å². The van der Waals surface area contributed by atoms with E-state index in [1.807, 2.05) is 42.5 Å². The maximum Gasteiger partial charge on any atom is 0.227 e. The molecule has 2 aromatic carbocycles. The van der Waals surface area contributed by atoms with Crippen molar-refractivity contribution in [3.05, 3.63) is 59.7 Å². The predicted octanol–water partition coefficient (Wildman–Crippen LogP) is 2.59. The molecule has 1 N–H and O–H groups in total. The van der Waals surface area contributed by atoms with Gasteiger partial charge >= 0.3 is 0 Å². The van der Waals surface area contributed by atoms with E-state index in [2.05, 4.69) is 11.4 Å². The zero-order valence-electron chi connectivity index (χ0n) is 10.8. The van der Waals surface area contributed by atoms with Crippen LogP contribution in [0.4, 0.5) is 0 Å². The predicted molar refractivity (Wildman–Crippen MR) is 70.3 cm³/mol. The Morgan fingerprint density at radius 1 is 1.15 bits per heavy atom. The summed E-state index contributed by atoms with van der Waals surface area (Å²) in [5.74, 6) is 1.66. The number of para-hydroxylation sites is 1. The van der Waals surface area contributed by atoms with Crippen LogP contribution in [0, 0.1) is 6.07 Å². The van der Waals surface area contributed by atoms with Crippen LogP contribution < -0.4 is 10.1 Å². The normalized spacial score (nSPS) is 22.3. The SMILES string of the molecule is O=C1NC[C@@H]2c3c[c-]ccc3Oc3ccccc3[C@@H]12.[Y]. The molecule has 2 aliphatic rings. The summed E-state index contributed by atoms with van der Waals surface area (Å²) in [4.78, 5) is 12.2. The summed E-state index contributed by atoms with van der Waals surface area (Å²) in [5, 5.41) is 2.96. The van der Waals surface area contributed by atoms with Crippen LogP contribution in [0.1, 0.15) is 23.0 Å². The second-order valence-corrected chi connectivity index (χ2v) is 4.93. The van der Waals surface area contributed by atoms with E-state index >= 15 is 0 Å². The first-order valence-corrected chi connectivity index (χ1v) is 6.39. The summed E-state index contributed by atoms with van der Waals surface area (Å²) in [7, 11) is 0. The van der Waals surface area contributed by atoms with Gasteiger partial charge in [0.15, 0.2) is 0 Å². The molecule has 97 valence electrons. The van der Waals surface area contributed by atoms with Gasteiger partial charge in [-0.25, -0.2) is 0 Å². The number of carbonyl (C=O) groups is 1. The number of rotatable bonds is 0. The summed E-state index contributed by atoms with van der Waals surface area (Å²) in [6.45, 7) is 0.659. The minimum atomic E-state index is -0.159. The summed E-state index contributed by atoms with van der Waals surface area (Å²) in [6, 6.07) is 16.5. The number of amides is 1. The Morgan fingerprint density at radius 3 is 2.85 bits per heavy atom. The molecular weight excluding hydrogens is 327 g/mol. The Hall–Kier alpha value is -1.19. The van der Waals surface area contributed by atoms with E-state index in [0.717, 1.165) is 22.6 Å². The molecule has 3 nitrogen and oxygen atoms in total. The molecule has 1 radical (unpaired) electrons. The fourth-order valence-corrected chi connectivity index (χ4v) is 3.03. The van der Waals surface area contributed by atoms with E-state index < -0.39 is 0 Å². The van der Waals surface area contributed by atoms with Gasteiger partial charge in [-0.15, -0.1) is 11.6 Å². The smallest absolute Gasteiger partial charge is 0.227 e. The second-order valence-electron chi connectivity index (χ2n) is 4.93. The summed E-state index contributed by atoms with van der Waals surface area (Å²) >= 11 is 0. The van der Waals surface area contributed by atoms with E-state index in [1.165, 1.54) is 0 Å². The van der Waals surface area contributed by atoms with Crippen molar-refractivity contribution in [2.45, 2.75) is 11.8 Å². The second kappa shape index (κ2) is 5.30. The average Bonchev–Trinajstić information content (AvgIpc) is 2.75. The molecule has 2 heterocycles. The molecule has 1 saturated heterocycles. The van der Waals surface area contributed by atoms with Crippen molar-refractivity contribution in [1.82, 2.24) is 5.32 Å². The molecule has 4 heteroatoms. The number of benzene rings is 2. The number of hydrogen-bond acceptors (Lipinski definition) is 2. The van der Waals surface area contributed by atoms with Gasteiger partial charge in [-0.2, -0.15) is 18.2 Å². The fourth-order valence-electron chi connectivity index (χ4n) is 3.03. The molecule has 0 spiro atoms. The van der Waals surface area contributed by atoms with E-state index in [0.29, 0.717) is 6.54 Å². The van der Waals surface area contributed by atoms with Crippen LogP contribution in [0.25, 0.3) is 0 Å². The van der Waals surface area contributed by atoms with Gasteiger partial charge in [0.2, 0.25) is 5.91 Å². The first-order valence-electron chi connectivity index (χ1n) is 6.39. The Bertz CT molecular complexity index is 671. The van der Waals surface area contributed by atoms with E-state index in [4.69, 9.17) is 4.74 Å². The van der Waals surface area contributed by atoms with Gasteiger partial charge in [-0.3, -0.25) is 4.79 Å². The molecule has 1 fully saturated rings. The molecular formula is C16H12NO2Y-. The van der Waals surface area contributed by atoms with Crippen molar-refractivity contribution in [3.63, 3.8) is 0 Å². The van der Waals surface area contributed by atoms with Crippen molar-refractivity contribution in [3.8, 4) is 11.5 Å². The van der Waals surface area contributed by atoms with Crippen LogP contribution in [0.3, 0.4) is 0 Å². The molecule has 1 amide bonds. The van der Waals surface area contributed by atoms with E-state index in [1.54, 1.807) is 0 Å². The van der Waals surface area contributed by atoms with E-state index in [9.17, 15) is 4.79 Å². The molecule has 20 heavy (non-hydrogen) atoms. The first kappa shape index (κ1) is 13.8. The third-order valence-corrected chi connectivity index (χ3v) is 3.91. The van der Waals surface area contributed by atoms with Gasteiger partial charge in [0.25, 0.3) is 0 Å². The number of ether oxygens (including phenoxy) is 1. The topological polar surface area (TPSA) is 38.3 Å². The molecule has 2 aliphatic heterocycles. The minimum Gasteiger partial charge on any atom is -0.482 e. The van der Waals surface area contributed by atoms with Crippen LogP contribution in [0.5, 0.6) is 11.5 Å². The van der Waals surface area contributed by atoms with Gasteiger partial charge in [-0.05, 0) is 12.0 Å². The molecule has 0 aliphatic carbocycles. The minimum absolute atomic E-state index is 0. The molecule has 0 saturated carbocycles. The standard InChI is InChI=1S/C16H12NO2.Y/c18-16-15-11-6-2-4-8-14(11)19-13-7-3-1-5-10(13)12(15)9-17-16;/h2-8,12,15H,9H2,(H,17,18);/q-1;/t12-,15-;/m1./s1. The Kier molecular flexibility index (Phi) is 3.65. The van der Waals surface area contributed by atoms with Crippen molar-refractivity contribution in [2.75, 3.05) is 6.54 Å². The van der Waals surface area contributed by atoms with Crippen LogP contribution in [0.15, 0.2) is 42.5 Å². The number of fused-ring (bicyclic) bond motifs is 5. The molecule has 2 atom stereocenters. The largest absolute Gasteiger partial charge is 0.482 e. The summed E-state index contributed by atoms with van der Waals surface area (Å²) in [5.41, 5.74) is 2.03. The third kappa shape index (κ3) is 2.00. The van der Waals surface area contributed by atoms with Crippen molar-refractivity contribution < 1.29 is 42.2 Å². The Balaban J connectivity index is 0.00000121. The van der Waals surface area contributed by atoms with Gasteiger partial charge in [0, 0.05) is 50.6 Å². The monoisotopic (exact) mass is 339 g/mol. The molecule has 0 aromatic heterocycles. The number of hydrogen-bond donors (Lipinski definition) is 1. The fraction of sp³-hybridized carbons (Fsp3) is 0.188. The van der Waals surface area contributed by atoms with Gasteiger partial charge in [0.05, 0.1) is 5.92 Å². The molecule has 4 rings (SSSR count). The van der Waals surface area contributed by atoms with Crippen LogP contribution in [-0.4, -0.2) is 12.5 Å². The van der Waals surface area contributed by atoms with Gasteiger partial charge in [0.1, 0.15) is 5.75 Å². The van der Waals surface area contributed by atoms with Crippen LogP contribution >= 0.6 is 0 Å². The van der Waals surface area contributed by atoms with Crippen molar-refractivity contribution in [1.29, 1.82) is 0 Å². The van der Waals surface area contributed by atoms with Gasteiger partial charge < -0.3 is 10.1 Å². The van der Waals surface area contributed by atoms with Crippen LogP contribution in [0.2, 0.25) is 0 Å². The third-order valence-electron chi connectivity index (χ3n) is 3.91.